The number of thioether (sulfide) groups is 1. The second-order valence-corrected chi connectivity index (χ2v) is 10.6. The number of nitrogens with one attached hydrogen (secondary N) is 4. The zero-order valence-corrected chi connectivity index (χ0v) is 24.1. The van der Waals surface area contributed by atoms with E-state index in [1.165, 1.54) is 11.8 Å². The molecule has 4 amide bonds. The average Bonchev–Trinajstić information content (AvgIpc) is 3.33. The lowest BCUT2D eigenvalue weighted by molar-refractivity contribution is -0.142. The molecule has 0 aliphatic rings. The van der Waals surface area contributed by atoms with E-state index in [9.17, 15) is 29.1 Å². The number of carboxylic acids is 1. The van der Waals surface area contributed by atoms with E-state index in [1.807, 2.05) is 24.3 Å². The van der Waals surface area contributed by atoms with Crippen LogP contribution in [-0.4, -0.2) is 88.4 Å². The first kappa shape index (κ1) is 33.9. The molecule has 4 unspecified atom stereocenters. The minimum atomic E-state index is -1.48. The molecule has 2 rings (SSSR count). The minimum absolute atomic E-state index is 0.0601. The molecule has 1 heterocycles. The van der Waals surface area contributed by atoms with Crippen molar-refractivity contribution >= 4 is 58.2 Å². The topological polar surface area (TPSA) is 274 Å². The van der Waals surface area contributed by atoms with Crippen LogP contribution in [0.3, 0.4) is 0 Å². The number of aliphatic carboxylic acids is 1. The predicted molar refractivity (Wildman–Crippen MR) is 160 cm³/mol. The van der Waals surface area contributed by atoms with E-state index in [1.54, 1.807) is 12.5 Å². The fourth-order valence-corrected chi connectivity index (χ4v) is 4.60. The van der Waals surface area contributed by atoms with E-state index in [4.69, 9.17) is 22.9 Å². The second-order valence-electron chi connectivity index (χ2n) is 9.59. The summed E-state index contributed by atoms with van der Waals surface area (Å²) in [4.78, 5) is 69.5. The lowest BCUT2D eigenvalue weighted by Crippen LogP contribution is -2.58. The maximum absolute atomic E-state index is 13.3. The third kappa shape index (κ3) is 10.9. The Morgan fingerprint density at radius 1 is 0.952 bits per heavy atom. The molecule has 230 valence electrons. The molecule has 4 atom stereocenters. The number of rotatable bonds is 18. The molecule has 0 saturated carbocycles. The number of aromatic nitrogens is 1. The number of fused-ring (bicyclic) bond motifs is 1. The van der Waals surface area contributed by atoms with Gasteiger partial charge in [0, 0.05) is 23.6 Å². The van der Waals surface area contributed by atoms with Crippen LogP contribution in [0.1, 0.15) is 31.2 Å². The van der Waals surface area contributed by atoms with Crippen LogP contribution in [0.5, 0.6) is 0 Å². The second kappa shape index (κ2) is 16.8. The molecule has 0 aliphatic heterocycles. The molecule has 13 N–H and O–H groups in total. The SMILES string of the molecule is CSCCC(NC(=O)C(CC(N)=O)NC(=O)C(CCCN=C(N)N)NC(=O)C(N)Cc1c[nH]c2ccccc12)C(=O)O. The summed E-state index contributed by atoms with van der Waals surface area (Å²) in [5.74, 6) is -4.19. The number of aliphatic imine (C=N–C) groups is 1. The largest absolute Gasteiger partial charge is 0.480 e. The number of aromatic amines is 1. The predicted octanol–water partition coefficient (Wildman–Crippen LogP) is -1.74. The monoisotopic (exact) mass is 605 g/mol. The van der Waals surface area contributed by atoms with Crippen molar-refractivity contribution in [3.8, 4) is 0 Å². The van der Waals surface area contributed by atoms with Crippen LogP contribution in [-0.2, 0) is 30.4 Å². The summed E-state index contributed by atoms with van der Waals surface area (Å²) in [6.45, 7) is 0.157. The first-order valence-corrected chi connectivity index (χ1v) is 14.6. The number of hydrogen-bond donors (Lipinski definition) is 9. The highest BCUT2D eigenvalue weighted by Gasteiger charge is 2.31. The normalized spacial score (nSPS) is 13.8. The smallest absolute Gasteiger partial charge is 0.326 e. The number of H-pyrrole nitrogens is 1. The molecule has 16 heteroatoms. The summed E-state index contributed by atoms with van der Waals surface area (Å²) >= 11 is 1.39. The highest BCUT2D eigenvalue weighted by Crippen LogP contribution is 2.19. The van der Waals surface area contributed by atoms with Crippen LogP contribution < -0.4 is 38.9 Å². The Morgan fingerprint density at radius 2 is 1.60 bits per heavy atom. The number of hydrogen-bond acceptors (Lipinski definition) is 8. The number of benzene rings is 1. The standard InChI is InChI=1S/C26H39N9O6S/c1-42-10-8-19(25(40)41)34-24(39)20(12-21(28)36)35-23(38)18(7-4-9-31-26(29)30)33-22(37)16(27)11-14-13-32-17-6-3-2-5-15(14)17/h2-3,5-6,13,16,18-20,32H,4,7-12,27H2,1H3,(H2,28,36)(H,33,37)(H,34,39)(H,35,38)(H,40,41)(H4,29,30,31). The number of nitrogens with zero attached hydrogens (tertiary/aromatic N) is 1. The van der Waals surface area contributed by atoms with Crippen molar-refractivity contribution < 1.29 is 29.1 Å². The number of carbonyl (C=O) groups is 5. The molecule has 42 heavy (non-hydrogen) atoms. The van der Waals surface area contributed by atoms with Gasteiger partial charge in [-0.05, 0) is 49.3 Å². The van der Waals surface area contributed by atoms with E-state index in [2.05, 4.69) is 25.9 Å². The highest BCUT2D eigenvalue weighted by atomic mass is 32.2. The van der Waals surface area contributed by atoms with Crippen molar-refractivity contribution in [1.82, 2.24) is 20.9 Å². The lowest BCUT2D eigenvalue weighted by Gasteiger charge is -2.24. The Labute approximate surface area is 247 Å². The maximum Gasteiger partial charge on any atom is 0.326 e. The molecule has 0 bridgehead atoms. The summed E-state index contributed by atoms with van der Waals surface area (Å²) < 4.78 is 0. The van der Waals surface area contributed by atoms with Gasteiger partial charge in [-0.25, -0.2) is 4.79 Å². The molecule has 15 nitrogen and oxygen atoms in total. The number of carboxylic acid groups (broad SMARTS) is 1. The van der Waals surface area contributed by atoms with Crippen molar-refractivity contribution in [2.24, 2.45) is 27.9 Å². The third-order valence-corrected chi connectivity index (χ3v) is 6.94. The molecular formula is C26H39N9O6S. The van der Waals surface area contributed by atoms with Gasteiger partial charge in [0.15, 0.2) is 5.96 Å². The first-order chi connectivity index (χ1) is 19.9. The molecule has 1 aromatic heterocycles. The van der Waals surface area contributed by atoms with Gasteiger partial charge in [0.1, 0.15) is 18.1 Å². The number of amides is 4. The first-order valence-electron chi connectivity index (χ1n) is 13.2. The van der Waals surface area contributed by atoms with Gasteiger partial charge in [-0.15, -0.1) is 0 Å². The summed E-state index contributed by atoms with van der Waals surface area (Å²) in [6, 6.07) is 2.59. The Morgan fingerprint density at radius 3 is 2.24 bits per heavy atom. The zero-order valence-electron chi connectivity index (χ0n) is 23.3. The number of guanidine groups is 1. The summed E-state index contributed by atoms with van der Waals surface area (Å²) in [5.41, 5.74) is 23.9. The van der Waals surface area contributed by atoms with Crippen LogP contribution in [0.25, 0.3) is 10.9 Å². The average molecular weight is 606 g/mol. The van der Waals surface area contributed by atoms with E-state index in [-0.39, 0.29) is 38.2 Å². The van der Waals surface area contributed by atoms with Crippen LogP contribution in [0.2, 0.25) is 0 Å². The van der Waals surface area contributed by atoms with E-state index < -0.39 is 60.2 Å². The zero-order chi connectivity index (χ0) is 31.2. The maximum atomic E-state index is 13.3. The Balaban J connectivity index is 2.17. The van der Waals surface area contributed by atoms with Crippen LogP contribution >= 0.6 is 11.8 Å². The quantitative estimate of drug-likeness (QED) is 0.0525. The van der Waals surface area contributed by atoms with E-state index in [0.717, 1.165) is 16.5 Å². The summed E-state index contributed by atoms with van der Waals surface area (Å²) in [6.07, 6.45) is 3.58. The molecule has 0 radical (unpaired) electrons. The number of nitrogens with two attached hydrogens (primary N) is 4. The van der Waals surface area contributed by atoms with Gasteiger partial charge >= 0.3 is 5.97 Å². The lowest BCUT2D eigenvalue weighted by atomic mass is 10.0. The molecule has 1 aromatic carbocycles. The van der Waals surface area contributed by atoms with E-state index in [0.29, 0.717) is 5.75 Å². The van der Waals surface area contributed by atoms with Gasteiger partial charge in [0.25, 0.3) is 0 Å². The summed E-state index contributed by atoms with van der Waals surface area (Å²) in [5, 5.41) is 17.7. The van der Waals surface area contributed by atoms with Gasteiger partial charge in [-0.2, -0.15) is 11.8 Å². The fourth-order valence-electron chi connectivity index (χ4n) is 4.13. The molecule has 0 saturated heterocycles. The fraction of sp³-hybridized carbons (Fsp3) is 0.462. The van der Waals surface area contributed by atoms with Crippen molar-refractivity contribution in [2.45, 2.75) is 56.3 Å². The number of carbonyl (C=O) groups excluding carboxylic acids is 4. The van der Waals surface area contributed by atoms with Crippen LogP contribution in [0.15, 0.2) is 35.5 Å². The summed E-state index contributed by atoms with van der Waals surface area (Å²) in [7, 11) is 0. The van der Waals surface area contributed by atoms with Crippen molar-refractivity contribution in [3.63, 3.8) is 0 Å². The van der Waals surface area contributed by atoms with Gasteiger partial charge < -0.3 is 49.0 Å². The minimum Gasteiger partial charge on any atom is -0.480 e. The van der Waals surface area contributed by atoms with Crippen LogP contribution in [0, 0.1) is 0 Å². The Hall–Kier alpha value is -4.31. The highest BCUT2D eigenvalue weighted by molar-refractivity contribution is 7.98. The number of para-hydroxylation sites is 1. The molecule has 2 aromatic rings. The van der Waals surface area contributed by atoms with Gasteiger partial charge in [0.2, 0.25) is 23.6 Å². The van der Waals surface area contributed by atoms with Gasteiger partial charge in [0.05, 0.1) is 12.5 Å². The number of primary amides is 1. The molecule has 0 spiro atoms. The Kier molecular flexibility index (Phi) is 13.6. The van der Waals surface area contributed by atoms with Crippen molar-refractivity contribution in [1.29, 1.82) is 0 Å². The van der Waals surface area contributed by atoms with Gasteiger partial charge in [-0.3, -0.25) is 24.2 Å². The molecule has 0 aliphatic carbocycles. The van der Waals surface area contributed by atoms with Crippen LogP contribution in [0.4, 0.5) is 0 Å². The third-order valence-electron chi connectivity index (χ3n) is 6.29. The van der Waals surface area contributed by atoms with Crippen molar-refractivity contribution in [2.75, 3.05) is 18.6 Å². The van der Waals surface area contributed by atoms with Crippen molar-refractivity contribution in [3.05, 3.63) is 36.0 Å². The Bertz CT molecular complexity index is 1280. The van der Waals surface area contributed by atoms with Gasteiger partial charge in [-0.1, -0.05) is 18.2 Å². The molecule has 0 fully saturated rings. The van der Waals surface area contributed by atoms with E-state index >= 15 is 0 Å². The molecular weight excluding hydrogens is 566 g/mol.